The number of anilines is 1. The maximum absolute atomic E-state index is 13.0. The highest BCUT2D eigenvalue weighted by atomic mass is 19.4. The van der Waals surface area contributed by atoms with Crippen LogP contribution in [0.5, 0.6) is 0 Å². The zero-order valence-corrected chi connectivity index (χ0v) is 10.2. The van der Waals surface area contributed by atoms with Gasteiger partial charge in [-0.2, -0.15) is 13.2 Å². The summed E-state index contributed by atoms with van der Waals surface area (Å²) in [6.45, 7) is 10.6. The molecule has 0 aromatic carbocycles. The molecule has 2 nitrogen and oxygen atoms in total. The SMILES string of the molecule is C=CC(C=C)=C(C=C)c1nc(N)ccc1C(F)(F)F. The molecule has 0 spiro atoms. The Bertz CT molecular complexity index is 544. The minimum atomic E-state index is -4.53. The monoisotopic (exact) mass is 266 g/mol. The molecule has 0 fully saturated rings. The molecule has 5 heteroatoms. The van der Waals surface area contributed by atoms with Crippen molar-refractivity contribution >= 4 is 11.4 Å². The van der Waals surface area contributed by atoms with Crippen molar-refractivity contribution in [3.05, 3.63) is 66.9 Å². The van der Waals surface area contributed by atoms with Crippen LogP contribution in [0, 0.1) is 0 Å². The second-order valence-corrected chi connectivity index (χ2v) is 3.61. The van der Waals surface area contributed by atoms with Gasteiger partial charge in [-0.15, -0.1) is 0 Å². The Labute approximate surface area is 109 Å². The molecule has 100 valence electrons. The third-order valence-electron chi connectivity index (χ3n) is 2.43. The molecule has 0 atom stereocenters. The first-order valence-corrected chi connectivity index (χ1v) is 5.30. The van der Waals surface area contributed by atoms with Crippen LogP contribution in [-0.2, 0) is 6.18 Å². The first kappa shape index (κ1) is 14.8. The molecule has 0 saturated heterocycles. The minimum Gasteiger partial charge on any atom is -0.384 e. The molecule has 0 bridgehead atoms. The number of nitrogen functional groups attached to an aromatic ring is 1. The van der Waals surface area contributed by atoms with Crippen LogP contribution in [-0.4, -0.2) is 4.98 Å². The number of pyridine rings is 1. The lowest BCUT2D eigenvalue weighted by Crippen LogP contribution is -2.11. The number of hydrogen-bond donors (Lipinski definition) is 1. The number of hydrogen-bond acceptors (Lipinski definition) is 2. The molecule has 1 heterocycles. The summed E-state index contributed by atoms with van der Waals surface area (Å²) in [5, 5.41) is 0. The van der Waals surface area contributed by atoms with Crippen LogP contribution in [0.2, 0.25) is 0 Å². The normalized spacial score (nSPS) is 10.7. The van der Waals surface area contributed by atoms with E-state index in [9.17, 15) is 13.2 Å². The van der Waals surface area contributed by atoms with Crippen molar-refractivity contribution in [3.63, 3.8) is 0 Å². The number of allylic oxidation sites excluding steroid dienone is 5. The van der Waals surface area contributed by atoms with Crippen molar-refractivity contribution in [2.45, 2.75) is 6.18 Å². The summed E-state index contributed by atoms with van der Waals surface area (Å²) in [5.74, 6) is -0.00479. The Morgan fingerprint density at radius 3 is 2.11 bits per heavy atom. The molecule has 1 aromatic heterocycles. The first-order valence-electron chi connectivity index (χ1n) is 5.30. The van der Waals surface area contributed by atoms with Crippen LogP contribution in [0.4, 0.5) is 19.0 Å². The van der Waals surface area contributed by atoms with Crippen molar-refractivity contribution in [1.82, 2.24) is 4.98 Å². The van der Waals surface area contributed by atoms with Gasteiger partial charge in [-0.3, -0.25) is 0 Å². The van der Waals surface area contributed by atoms with E-state index in [1.807, 2.05) is 0 Å². The van der Waals surface area contributed by atoms with E-state index in [1.165, 1.54) is 18.2 Å². The summed E-state index contributed by atoms with van der Waals surface area (Å²) in [6.07, 6.45) is -0.489. The zero-order chi connectivity index (χ0) is 14.6. The Kier molecular flexibility index (Phi) is 4.32. The van der Waals surface area contributed by atoms with Gasteiger partial charge in [0.15, 0.2) is 0 Å². The third-order valence-corrected chi connectivity index (χ3v) is 2.43. The van der Waals surface area contributed by atoms with Gasteiger partial charge in [-0.1, -0.05) is 38.0 Å². The van der Waals surface area contributed by atoms with Gasteiger partial charge < -0.3 is 5.73 Å². The second kappa shape index (κ2) is 5.56. The fourth-order valence-electron chi connectivity index (χ4n) is 1.56. The molecule has 1 rings (SSSR count). The molecule has 2 N–H and O–H groups in total. The average molecular weight is 266 g/mol. The van der Waals surface area contributed by atoms with Gasteiger partial charge in [0, 0.05) is 5.57 Å². The topological polar surface area (TPSA) is 38.9 Å². The number of alkyl halides is 3. The fourth-order valence-corrected chi connectivity index (χ4v) is 1.56. The smallest absolute Gasteiger partial charge is 0.384 e. The molecule has 19 heavy (non-hydrogen) atoms. The quantitative estimate of drug-likeness (QED) is 0.837. The van der Waals surface area contributed by atoms with Gasteiger partial charge in [-0.05, 0) is 17.7 Å². The lowest BCUT2D eigenvalue weighted by molar-refractivity contribution is -0.138. The van der Waals surface area contributed by atoms with Gasteiger partial charge >= 0.3 is 6.18 Å². The van der Waals surface area contributed by atoms with Gasteiger partial charge in [0.2, 0.25) is 0 Å². The Balaban J connectivity index is 3.69. The minimum absolute atomic E-state index is 0.00479. The summed E-state index contributed by atoms with van der Waals surface area (Å²) >= 11 is 0. The summed E-state index contributed by atoms with van der Waals surface area (Å²) < 4.78 is 38.9. The van der Waals surface area contributed by atoms with Crippen LogP contribution >= 0.6 is 0 Å². The predicted molar refractivity (Wildman–Crippen MR) is 71.2 cm³/mol. The van der Waals surface area contributed by atoms with Gasteiger partial charge in [0.25, 0.3) is 0 Å². The maximum Gasteiger partial charge on any atom is 0.418 e. The summed E-state index contributed by atoms with van der Waals surface area (Å²) in [7, 11) is 0. The predicted octanol–water partition coefficient (Wildman–Crippen LogP) is 3.99. The van der Waals surface area contributed by atoms with Crippen molar-refractivity contribution in [2.24, 2.45) is 0 Å². The Morgan fingerprint density at radius 2 is 1.68 bits per heavy atom. The Hall–Kier alpha value is -2.30. The second-order valence-electron chi connectivity index (χ2n) is 3.61. The van der Waals surface area contributed by atoms with E-state index in [-0.39, 0.29) is 17.1 Å². The van der Waals surface area contributed by atoms with E-state index >= 15 is 0 Å². The highest BCUT2D eigenvalue weighted by Crippen LogP contribution is 2.36. The zero-order valence-electron chi connectivity index (χ0n) is 10.2. The van der Waals surface area contributed by atoms with Crippen molar-refractivity contribution in [3.8, 4) is 0 Å². The molecule has 0 amide bonds. The molecule has 0 unspecified atom stereocenters. The van der Waals surface area contributed by atoms with Crippen molar-refractivity contribution in [1.29, 1.82) is 0 Å². The number of aromatic nitrogens is 1. The summed E-state index contributed by atoms with van der Waals surface area (Å²) in [6, 6.07) is 2.00. The van der Waals surface area contributed by atoms with Crippen molar-refractivity contribution in [2.75, 3.05) is 5.73 Å². The highest BCUT2D eigenvalue weighted by Gasteiger charge is 2.35. The van der Waals surface area contributed by atoms with Gasteiger partial charge in [0.1, 0.15) is 5.82 Å². The number of rotatable bonds is 4. The molecule has 0 aliphatic carbocycles. The molecule has 0 radical (unpaired) electrons. The lowest BCUT2D eigenvalue weighted by Gasteiger charge is -2.14. The van der Waals surface area contributed by atoms with E-state index in [0.29, 0.717) is 5.57 Å². The van der Waals surface area contributed by atoms with Crippen LogP contribution < -0.4 is 5.73 Å². The largest absolute Gasteiger partial charge is 0.418 e. The van der Waals surface area contributed by atoms with E-state index < -0.39 is 11.7 Å². The standard InChI is InChI=1S/C14H13F3N2/c1-4-9(5-2)10(6-3)13-11(14(15,16)17)7-8-12(18)19-13/h4-8H,1-3H2,(H2,18,19). The molecule has 0 aliphatic heterocycles. The van der Waals surface area contributed by atoms with Crippen LogP contribution in [0.25, 0.3) is 5.57 Å². The van der Waals surface area contributed by atoms with Crippen LogP contribution in [0.3, 0.4) is 0 Å². The molecule has 1 aromatic rings. The number of nitrogens with two attached hydrogens (primary N) is 1. The third kappa shape index (κ3) is 3.13. The maximum atomic E-state index is 13.0. The van der Waals surface area contributed by atoms with E-state index in [1.54, 1.807) is 0 Å². The van der Waals surface area contributed by atoms with Crippen LogP contribution in [0.1, 0.15) is 11.3 Å². The average Bonchev–Trinajstić information content (AvgIpc) is 2.34. The van der Waals surface area contributed by atoms with E-state index in [2.05, 4.69) is 24.7 Å². The first-order chi connectivity index (χ1) is 8.85. The van der Waals surface area contributed by atoms with E-state index in [4.69, 9.17) is 5.73 Å². The molecular weight excluding hydrogens is 253 g/mol. The Morgan fingerprint density at radius 1 is 1.11 bits per heavy atom. The lowest BCUT2D eigenvalue weighted by atomic mass is 10.00. The summed E-state index contributed by atoms with van der Waals surface area (Å²) in [5.41, 5.74) is 4.89. The van der Waals surface area contributed by atoms with E-state index in [0.717, 1.165) is 12.1 Å². The number of halogens is 3. The summed E-state index contributed by atoms with van der Waals surface area (Å²) in [4.78, 5) is 3.76. The highest BCUT2D eigenvalue weighted by molar-refractivity contribution is 5.80. The molecule has 0 aliphatic rings. The van der Waals surface area contributed by atoms with Gasteiger partial charge in [-0.25, -0.2) is 4.98 Å². The molecular formula is C14H13F3N2. The molecule has 0 saturated carbocycles. The fraction of sp³-hybridized carbons (Fsp3) is 0.0714. The number of nitrogens with zero attached hydrogens (tertiary/aromatic N) is 1. The van der Waals surface area contributed by atoms with Gasteiger partial charge in [0.05, 0.1) is 11.3 Å². The van der Waals surface area contributed by atoms with Crippen molar-refractivity contribution < 1.29 is 13.2 Å². The van der Waals surface area contributed by atoms with Crippen LogP contribution in [0.15, 0.2) is 55.7 Å².